The zero-order valence-corrected chi connectivity index (χ0v) is 14.1. The second kappa shape index (κ2) is 7.89. The highest BCUT2D eigenvalue weighted by atomic mass is 35.5. The fraction of sp³-hybridized carbons (Fsp3) is 0.357. The number of rotatable bonds is 6. The molecule has 1 atom stereocenters. The van der Waals surface area contributed by atoms with Crippen LogP contribution in [0.15, 0.2) is 30.7 Å². The van der Waals surface area contributed by atoms with Gasteiger partial charge >= 0.3 is 6.18 Å². The first kappa shape index (κ1) is 18.6. The Hall–Kier alpha value is -1.74. The Balaban J connectivity index is 1.95. The molecule has 5 nitrogen and oxygen atoms in total. The summed E-state index contributed by atoms with van der Waals surface area (Å²) < 4.78 is 37.8. The first-order valence-electron chi connectivity index (χ1n) is 6.91. The van der Waals surface area contributed by atoms with Gasteiger partial charge in [-0.2, -0.15) is 18.3 Å². The summed E-state index contributed by atoms with van der Waals surface area (Å²) in [7, 11) is 0. The Labute approximate surface area is 145 Å². The normalized spacial score (nSPS) is 12.9. The van der Waals surface area contributed by atoms with Gasteiger partial charge in [-0.15, -0.1) is 11.8 Å². The number of halogens is 4. The van der Waals surface area contributed by atoms with Crippen molar-refractivity contribution in [2.75, 3.05) is 11.1 Å². The summed E-state index contributed by atoms with van der Waals surface area (Å²) in [6, 6.07) is 3.49. The minimum Gasteiger partial charge on any atom is -0.321 e. The fourth-order valence-corrected chi connectivity index (χ4v) is 2.81. The van der Waals surface area contributed by atoms with Gasteiger partial charge in [-0.05, 0) is 19.1 Å². The molecular formula is C14H14ClF3N4OS. The largest absolute Gasteiger partial charge is 0.389 e. The van der Waals surface area contributed by atoms with E-state index in [2.05, 4.69) is 15.4 Å². The smallest absolute Gasteiger partial charge is 0.321 e. The van der Waals surface area contributed by atoms with Crippen LogP contribution in [0.3, 0.4) is 0 Å². The lowest BCUT2D eigenvalue weighted by Gasteiger charge is -2.12. The summed E-state index contributed by atoms with van der Waals surface area (Å²) in [6.07, 6.45) is -0.460. The summed E-state index contributed by atoms with van der Waals surface area (Å²) in [6.45, 7) is 1.54. The van der Waals surface area contributed by atoms with E-state index in [9.17, 15) is 18.0 Å². The summed E-state index contributed by atoms with van der Waals surface area (Å²) in [5.41, 5.74) is 0.946. The van der Waals surface area contributed by atoms with Crippen molar-refractivity contribution in [3.8, 4) is 5.69 Å². The van der Waals surface area contributed by atoms with Crippen LogP contribution >= 0.6 is 23.4 Å². The van der Waals surface area contributed by atoms with Crippen LogP contribution in [0.25, 0.3) is 5.69 Å². The second-order valence-electron chi connectivity index (χ2n) is 4.86. The van der Waals surface area contributed by atoms with Crippen molar-refractivity contribution in [2.45, 2.75) is 24.8 Å². The van der Waals surface area contributed by atoms with Crippen LogP contribution < -0.4 is 5.32 Å². The highest BCUT2D eigenvalue weighted by Crippen LogP contribution is 2.26. The zero-order valence-electron chi connectivity index (χ0n) is 12.5. The summed E-state index contributed by atoms with van der Waals surface area (Å²) in [4.78, 5) is 16.0. The summed E-state index contributed by atoms with van der Waals surface area (Å²) in [5, 5.41) is 6.07. The van der Waals surface area contributed by atoms with Gasteiger partial charge in [-0.25, -0.2) is 4.68 Å². The Kier molecular flexibility index (Phi) is 6.11. The van der Waals surface area contributed by atoms with Crippen molar-refractivity contribution in [3.63, 3.8) is 0 Å². The van der Waals surface area contributed by atoms with Crippen molar-refractivity contribution in [1.29, 1.82) is 0 Å². The molecule has 0 saturated heterocycles. The summed E-state index contributed by atoms with van der Waals surface area (Å²) >= 11 is 6.91. The Bertz CT molecular complexity index is 693. The van der Waals surface area contributed by atoms with E-state index in [1.165, 1.54) is 17.8 Å². The van der Waals surface area contributed by atoms with E-state index in [0.29, 0.717) is 5.69 Å². The van der Waals surface area contributed by atoms with Crippen molar-refractivity contribution >= 4 is 35.0 Å². The molecule has 1 unspecified atom stereocenters. The number of hydrogen-bond acceptors (Lipinski definition) is 4. The third-order valence-corrected chi connectivity index (χ3v) is 4.39. The summed E-state index contributed by atoms with van der Waals surface area (Å²) in [5.74, 6) is -0.615. The average molecular weight is 379 g/mol. The number of nitrogens with zero attached hydrogens (tertiary/aromatic N) is 3. The molecular weight excluding hydrogens is 365 g/mol. The molecule has 2 aromatic rings. The highest BCUT2D eigenvalue weighted by Gasteiger charge is 2.27. The molecule has 130 valence electrons. The van der Waals surface area contributed by atoms with E-state index >= 15 is 0 Å². The van der Waals surface area contributed by atoms with E-state index in [1.807, 2.05) is 0 Å². The molecule has 2 aromatic heterocycles. The van der Waals surface area contributed by atoms with Crippen molar-refractivity contribution in [1.82, 2.24) is 14.8 Å². The van der Waals surface area contributed by atoms with Crippen molar-refractivity contribution in [3.05, 3.63) is 35.9 Å². The SMILES string of the molecule is CC(SCCC(F)(F)F)C(=O)Nc1cn(-c2cccnc2)nc1Cl. The number of nitrogens with one attached hydrogen (secondary N) is 1. The van der Waals surface area contributed by atoms with Gasteiger partial charge in [-0.1, -0.05) is 11.6 Å². The molecule has 0 aromatic carbocycles. The van der Waals surface area contributed by atoms with E-state index in [1.54, 1.807) is 24.5 Å². The van der Waals surface area contributed by atoms with Gasteiger partial charge in [0.1, 0.15) is 0 Å². The van der Waals surface area contributed by atoms with Crippen molar-refractivity contribution in [2.24, 2.45) is 0 Å². The van der Waals surface area contributed by atoms with Crippen molar-refractivity contribution < 1.29 is 18.0 Å². The van der Waals surface area contributed by atoms with Crippen LogP contribution in [0.1, 0.15) is 13.3 Å². The predicted octanol–water partition coefficient (Wildman–Crippen LogP) is 3.93. The standard InChI is InChI=1S/C14H14ClF3N4OS/c1-9(24-6-4-14(16,17)18)13(23)20-11-8-22(21-12(11)15)10-3-2-5-19-7-10/h2-3,5,7-9H,4,6H2,1H3,(H,20,23). The lowest BCUT2D eigenvalue weighted by molar-refractivity contribution is -0.129. The monoisotopic (exact) mass is 378 g/mol. The Morgan fingerprint density at radius 1 is 1.50 bits per heavy atom. The maximum Gasteiger partial charge on any atom is 0.389 e. The van der Waals surface area contributed by atoms with Crippen LogP contribution in [0, 0.1) is 0 Å². The van der Waals surface area contributed by atoms with Gasteiger partial charge in [0.05, 0.1) is 35.4 Å². The Morgan fingerprint density at radius 3 is 2.88 bits per heavy atom. The number of hydrogen-bond donors (Lipinski definition) is 1. The zero-order chi connectivity index (χ0) is 17.7. The lowest BCUT2D eigenvalue weighted by atomic mass is 10.4. The van der Waals surface area contributed by atoms with Gasteiger partial charge in [0.25, 0.3) is 0 Å². The van der Waals surface area contributed by atoms with E-state index in [-0.39, 0.29) is 16.6 Å². The predicted molar refractivity (Wildman–Crippen MR) is 87.6 cm³/mol. The molecule has 0 aliphatic rings. The van der Waals surface area contributed by atoms with Crippen LogP contribution in [0.2, 0.25) is 5.15 Å². The van der Waals surface area contributed by atoms with Gasteiger partial charge in [0.15, 0.2) is 5.15 Å². The molecule has 1 amide bonds. The molecule has 24 heavy (non-hydrogen) atoms. The minimum absolute atomic E-state index is 0.0831. The molecule has 2 rings (SSSR count). The number of pyridine rings is 1. The third-order valence-electron chi connectivity index (χ3n) is 2.96. The van der Waals surface area contributed by atoms with Gasteiger partial charge in [0, 0.05) is 11.9 Å². The number of aromatic nitrogens is 3. The molecule has 0 spiro atoms. The number of amides is 1. The molecule has 0 aliphatic carbocycles. The fourth-order valence-electron chi connectivity index (χ4n) is 1.72. The first-order valence-corrected chi connectivity index (χ1v) is 8.34. The molecule has 0 radical (unpaired) electrons. The third kappa shape index (κ3) is 5.41. The molecule has 0 fully saturated rings. The maximum atomic E-state index is 12.1. The number of carbonyl (C=O) groups excluding carboxylic acids is 1. The van der Waals surface area contributed by atoms with E-state index < -0.39 is 23.8 Å². The first-order chi connectivity index (χ1) is 11.3. The van der Waals surface area contributed by atoms with E-state index in [0.717, 1.165) is 11.8 Å². The molecule has 0 aliphatic heterocycles. The van der Waals surface area contributed by atoms with Gasteiger partial charge in [-0.3, -0.25) is 9.78 Å². The van der Waals surface area contributed by atoms with Crippen LogP contribution in [0.4, 0.5) is 18.9 Å². The maximum absolute atomic E-state index is 12.1. The molecule has 0 bridgehead atoms. The van der Waals surface area contributed by atoms with Gasteiger partial charge < -0.3 is 5.32 Å². The van der Waals surface area contributed by atoms with Crippen LogP contribution in [0.5, 0.6) is 0 Å². The van der Waals surface area contributed by atoms with Crippen LogP contribution in [-0.2, 0) is 4.79 Å². The Morgan fingerprint density at radius 2 is 2.25 bits per heavy atom. The second-order valence-corrected chi connectivity index (χ2v) is 6.66. The highest BCUT2D eigenvalue weighted by molar-refractivity contribution is 8.00. The number of carbonyl (C=O) groups is 1. The molecule has 10 heteroatoms. The topological polar surface area (TPSA) is 59.8 Å². The van der Waals surface area contributed by atoms with E-state index in [4.69, 9.17) is 11.6 Å². The quantitative estimate of drug-likeness (QED) is 0.827. The number of thioether (sulfide) groups is 1. The molecule has 2 heterocycles. The molecule has 0 saturated carbocycles. The number of anilines is 1. The average Bonchev–Trinajstić information content (AvgIpc) is 2.88. The molecule has 1 N–H and O–H groups in total. The van der Waals surface area contributed by atoms with Crippen LogP contribution in [-0.4, -0.2) is 37.9 Å². The van der Waals surface area contributed by atoms with Gasteiger partial charge in [0.2, 0.25) is 5.91 Å². The number of alkyl halides is 3. The minimum atomic E-state index is -4.22. The lowest BCUT2D eigenvalue weighted by Crippen LogP contribution is -2.23.